The van der Waals surface area contributed by atoms with Gasteiger partial charge in [0.15, 0.2) is 11.6 Å². The molecule has 0 fully saturated rings. The molecule has 0 radical (unpaired) electrons. The van der Waals surface area contributed by atoms with E-state index in [4.69, 9.17) is 16.3 Å². The Labute approximate surface area is 215 Å². The number of unbranched alkanes of at least 4 members (excludes halogenated alkanes) is 3. The van der Waals surface area contributed by atoms with Gasteiger partial charge in [-0.2, -0.15) is 0 Å². The minimum atomic E-state index is -0.423. The summed E-state index contributed by atoms with van der Waals surface area (Å²) in [4.78, 5) is 29.6. The van der Waals surface area contributed by atoms with E-state index >= 15 is 0 Å². The molecule has 5 heteroatoms. The number of benzene rings is 1. The highest BCUT2D eigenvalue weighted by molar-refractivity contribution is 6.30. The van der Waals surface area contributed by atoms with Crippen molar-refractivity contribution in [3.05, 3.63) is 51.3 Å². The van der Waals surface area contributed by atoms with Gasteiger partial charge in [0.2, 0.25) is 0 Å². The third-order valence-corrected chi connectivity index (χ3v) is 7.95. The Morgan fingerprint density at radius 2 is 1.49 bits per heavy atom. The Balaban J connectivity index is 1.86. The quantitative estimate of drug-likeness (QED) is 0.363. The summed E-state index contributed by atoms with van der Waals surface area (Å²) in [5.74, 6) is 0.569. The third kappa shape index (κ3) is 5.23. The van der Waals surface area contributed by atoms with Gasteiger partial charge in [-0.1, -0.05) is 65.5 Å². The van der Waals surface area contributed by atoms with Crippen LogP contribution in [0.25, 0.3) is 0 Å². The summed E-state index contributed by atoms with van der Waals surface area (Å²) in [7, 11) is 2.04. The standard InChI is InChI=1S/C30H40ClNO3/c1-7-8-9-10-13-35-25-12-11-19(31)14-20(25)26-27-21(15-29(2,3)17-23(27)33)32(6)22-16-30(4,5)18-24(34)28(22)26/h11-12,14,26H,7-10,13,15-18H2,1-6H3. The topological polar surface area (TPSA) is 46.6 Å². The van der Waals surface area contributed by atoms with E-state index in [1.165, 1.54) is 12.8 Å². The van der Waals surface area contributed by atoms with Crippen LogP contribution in [-0.2, 0) is 9.59 Å². The van der Waals surface area contributed by atoms with Crippen LogP contribution in [0.4, 0.5) is 0 Å². The Hall–Kier alpha value is -2.07. The molecule has 0 atom stereocenters. The molecule has 0 spiro atoms. The molecular formula is C30H40ClNO3. The maximum atomic E-state index is 13.7. The molecular weight excluding hydrogens is 458 g/mol. The number of ketones is 2. The molecule has 1 aromatic rings. The van der Waals surface area contributed by atoms with Crippen molar-refractivity contribution in [2.45, 2.75) is 91.9 Å². The maximum Gasteiger partial charge on any atom is 0.162 e. The van der Waals surface area contributed by atoms with Crippen molar-refractivity contribution in [1.29, 1.82) is 0 Å². The monoisotopic (exact) mass is 497 g/mol. The fraction of sp³-hybridized carbons (Fsp3) is 0.600. The Morgan fingerprint density at radius 3 is 2.03 bits per heavy atom. The van der Waals surface area contributed by atoms with Crippen LogP contribution in [0.2, 0.25) is 5.02 Å². The number of rotatable bonds is 7. The van der Waals surface area contributed by atoms with E-state index in [9.17, 15) is 9.59 Å². The van der Waals surface area contributed by atoms with Gasteiger partial charge in [0.25, 0.3) is 0 Å². The predicted molar refractivity (Wildman–Crippen MR) is 142 cm³/mol. The van der Waals surface area contributed by atoms with E-state index in [1.54, 1.807) is 0 Å². The molecule has 3 aliphatic rings. The van der Waals surface area contributed by atoms with Crippen LogP contribution in [0.15, 0.2) is 40.7 Å². The number of allylic oxidation sites excluding steroid dienone is 4. The van der Waals surface area contributed by atoms with Gasteiger partial charge < -0.3 is 9.64 Å². The molecule has 0 unspecified atom stereocenters. The van der Waals surface area contributed by atoms with Gasteiger partial charge in [-0.25, -0.2) is 0 Å². The van der Waals surface area contributed by atoms with Crippen molar-refractivity contribution >= 4 is 23.2 Å². The van der Waals surface area contributed by atoms with E-state index in [1.807, 2.05) is 25.2 Å². The number of carbonyl (C=O) groups is 2. The minimum absolute atomic E-state index is 0.117. The number of hydrogen-bond donors (Lipinski definition) is 0. The third-order valence-electron chi connectivity index (χ3n) is 7.72. The SMILES string of the molecule is CCCCCCOc1ccc(Cl)cc1C1C2=C(CC(C)(C)CC2=O)N(C)C2=C1C(=O)CC(C)(C)C2. The lowest BCUT2D eigenvalue weighted by Gasteiger charge is -2.48. The van der Waals surface area contributed by atoms with Gasteiger partial charge in [-0.15, -0.1) is 0 Å². The Morgan fingerprint density at radius 1 is 0.914 bits per heavy atom. The molecule has 1 heterocycles. The van der Waals surface area contributed by atoms with Gasteiger partial charge in [0.05, 0.1) is 6.61 Å². The number of hydrogen-bond acceptors (Lipinski definition) is 4. The Kier molecular flexibility index (Phi) is 7.26. The number of halogens is 1. The van der Waals surface area contributed by atoms with Crippen LogP contribution in [0.1, 0.15) is 97.5 Å². The molecule has 0 aromatic heterocycles. The number of nitrogens with zero attached hydrogens (tertiary/aromatic N) is 1. The zero-order chi connectivity index (χ0) is 25.5. The highest BCUT2D eigenvalue weighted by Gasteiger charge is 2.48. The van der Waals surface area contributed by atoms with Crippen molar-refractivity contribution < 1.29 is 14.3 Å². The van der Waals surface area contributed by atoms with Crippen molar-refractivity contribution in [1.82, 2.24) is 4.90 Å². The van der Waals surface area contributed by atoms with Gasteiger partial charge in [0.1, 0.15) is 5.75 Å². The summed E-state index contributed by atoms with van der Waals surface area (Å²) in [6.07, 6.45) is 7.03. The van der Waals surface area contributed by atoms with Gasteiger partial charge in [-0.05, 0) is 48.3 Å². The predicted octanol–water partition coefficient (Wildman–Crippen LogP) is 7.61. The summed E-state index contributed by atoms with van der Waals surface area (Å²) in [6.45, 7) is 11.4. The lowest BCUT2D eigenvalue weighted by atomic mass is 9.63. The molecule has 0 bridgehead atoms. The molecule has 2 aliphatic carbocycles. The maximum absolute atomic E-state index is 13.7. The van der Waals surface area contributed by atoms with Crippen molar-refractivity contribution in [2.24, 2.45) is 10.8 Å². The molecule has 1 aliphatic heterocycles. The highest BCUT2D eigenvalue weighted by Crippen LogP contribution is 2.55. The first kappa shape index (κ1) is 26.0. The largest absolute Gasteiger partial charge is 0.493 e. The normalized spacial score (nSPS) is 21.9. The van der Waals surface area contributed by atoms with Gasteiger partial charge >= 0.3 is 0 Å². The fourth-order valence-corrected chi connectivity index (χ4v) is 6.24. The Bertz CT molecular complexity index is 1040. The molecule has 4 rings (SSSR count). The van der Waals surface area contributed by atoms with E-state index in [0.717, 1.165) is 59.5 Å². The van der Waals surface area contributed by atoms with E-state index in [2.05, 4.69) is 39.5 Å². The molecule has 35 heavy (non-hydrogen) atoms. The zero-order valence-electron chi connectivity index (χ0n) is 22.2. The second-order valence-electron chi connectivity index (χ2n) is 12.2. The summed E-state index contributed by atoms with van der Waals surface area (Å²) < 4.78 is 6.29. The lowest BCUT2D eigenvalue weighted by molar-refractivity contribution is -0.119. The van der Waals surface area contributed by atoms with Crippen LogP contribution >= 0.6 is 11.6 Å². The van der Waals surface area contributed by atoms with Crippen LogP contribution < -0.4 is 4.74 Å². The molecule has 4 nitrogen and oxygen atoms in total. The molecule has 190 valence electrons. The van der Waals surface area contributed by atoms with Crippen molar-refractivity contribution in [2.75, 3.05) is 13.7 Å². The highest BCUT2D eigenvalue weighted by atomic mass is 35.5. The molecule has 0 amide bonds. The number of carbonyl (C=O) groups excluding carboxylic acids is 2. The van der Waals surface area contributed by atoms with Crippen LogP contribution in [0.5, 0.6) is 5.75 Å². The summed E-state index contributed by atoms with van der Waals surface area (Å²) in [6, 6.07) is 5.66. The molecule has 0 saturated heterocycles. The smallest absolute Gasteiger partial charge is 0.162 e. The minimum Gasteiger partial charge on any atom is -0.493 e. The average molecular weight is 498 g/mol. The number of ether oxygens (including phenoxy) is 1. The molecule has 0 N–H and O–H groups in total. The number of Topliss-reactive ketones (excluding diaryl/α,β-unsaturated/α-hetero) is 2. The summed E-state index contributed by atoms with van der Waals surface area (Å²) in [5.41, 5.74) is 4.24. The summed E-state index contributed by atoms with van der Waals surface area (Å²) in [5, 5.41) is 0.591. The lowest BCUT2D eigenvalue weighted by Crippen LogP contribution is -2.43. The van der Waals surface area contributed by atoms with E-state index in [-0.39, 0.29) is 22.4 Å². The summed E-state index contributed by atoms with van der Waals surface area (Å²) >= 11 is 6.51. The van der Waals surface area contributed by atoms with Gasteiger partial charge in [0, 0.05) is 58.9 Å². The van der Waals surface area contributed by atoms with Crippen LogP contribution in [-0.4, -0.2) is 30.1 Å². The first-order chi connectivity index (χ1) is 16.4. The molecule has 0 saturated carbocycles. The van der Waals surface area contributed by atoms with E-state index < -0.39 is 5.92 Å². The van der Waals surface area contributed by atoms with Crippen LogP contribution in [0, 0.1) is 10.8 Å². The fourth-order valence-electron chi connectivity index (χ4n) is 6.06. The first-order valence-electron chi connectivity index (χ1n) is 13.1. The zero-order valence-corrected chi connectivity index (χ0v) is 23.0. The van der Waals surface area contributed by atoms with Crippen molar-refractivity contribution in [3.8, 4) is 5.75 Å². The van der Waals surface area contributed by atoms with Crippen molar-refractivity contribution in [3.63, 3.8) is 0 Å². The van der Waals surface area contributed by atoms with Crippen LogP contribution in [0.3, 0.4) is 0 Å². The first-order valence-corrected chi connectivity index (χ1v) is 13.5. The second kappa shape index (κ2) is 9.76. The van der Waals surface area contributed by atoms with E-state index in [0.29, 0.717) is 24.5 Å². The second-order valence-corrected chi connectivity index (χ2v) is 12.6. The average Bonchev–Trinajstić information content (AvgIpc) is 2.74. The van der Waals surface area contributed by atoms with Gasteiger partial charge in [-0.3, -0.25) is 9.59 Å². The molecule has 1 aromatic carbocycles.